The number of anilines is 1. The van der Waals surface area contributed by atoms with E-state index in [0.717, 1.165) is 47.0 Å². The molecule has 0 spiro atoms. The first-order valence-electron chi connectivity index (χ1n) is 9.69. The molecular formula is C22H23BrN4O2. The number of hydrogen-bond donors (Lipinski definition) is 1. The summed E-state index contributed by atoms with van der Waals surface area (Å²) in [5.74, 6) is 1.04. The third-order valence-electron chi connectivity index (χ3n) is 5.51. The number of nitrogens with zero attached hydrogens (tertiary/aromatic N) is 3. The predicted octanol–water partition coefficient (Wildman–Crippen LogP) is 4.55. The summed E-state index contributed by atoms with van der Waals surface area (Å²) in [6.07, 6.45) is 5.31. The van der Waals surface area contributed by atoms with Gasteiger partial charge >= 0.3 is 0 Å². The van der Waals surface area contributed by atoms with E-state index in [9.17, 15) is 4.79 Å². The van der Waals surface area contributed by atoms with Crippen molar-refractivity contribution in [2.75, 3.05) is 12.4 Å². The van der Waals surface area contributed by atoms with E-state index in [2.05, 4.69) is 31.3 Å². The van der Waals surface area contributed by atoms with Crippen LogP contribution in [0.2, 0.25) is 0 Å². The van der Waals surface area contributed by atoms with Crippen LogP contribution in [-0.2, 0) is 16.8 Å². The van der Waals surface area contributed by atoms with E-state index in [0.29, 0.717) is 12.5 Å². The van der Waals surface area contributed by atoms with Gasteiger partial charge in [-0.15, -0.1) is 5.10 Å². The molecule has 0 bridgehead atoms. The molecule has 1 N–H and O–H groups in total. The normalized spacial score (nSPS) is 15.2. The van der Waals surface area contributed by atoms with Crippen LogP contribution in [0.15, 0.2) is 59.3 Å². The molecular weight excluding hydrogens is 432 g/mol. The molecule has 7 heteroatoms. The fourth-order valence-corrected chi connectivity index (χ4v) is 4.46. The molecule has 0 unspecified atom stereocenters. The van der Waals surface area contributed by atoms with Crippen molar-refractivity contribution in [2.24, 2.45) is 0 Å². The topological polar surface area (TPSA) is 69.0 Å². The number of amides is 1. The lowest BCUT2D eigenvalue weighted by molar-refractivity contribution is -0.121. The van der Waals surface area contributed by atoms with Crippen molar-refractivity contribution in [3.05, 3.63) is 70.5 Å². The van der Waals surface area contributed by atoms with Crippen molar-refractivity contribution in [3.8, 4) is 5.75 Å². The summed E-state index contributed by atoms with van der Waals surface area (Å²) in [6.45, 7) is 0.587. The largest absolute Gasteiger partial charge is 0.497 e. The van der Waals surface area contributed by atoms with Gasteiger partial charge in [0, 0.05) is 4.47 Å². The van der Waals surface area contributed by atoms with Crippen LogP contribution in [0.4, 0.5) is 5.95 Å². The quantitative estimate of drug-likeness (QED) is 0.592. The van der Waals surface area contributed by atoms with E-state index in [4.69, 9.17) is 4.74 Å². The Hall–Kier alpha value is -2.67. The molecule has 1 saturated carbocycles. The summed E-state index contributed by atoms with van der Waals surface area (Å²) in [5.41, 5.74) is 1.52. The SMILES string of the molecule is COc1cccc(C2(C(=O)Nc3ncn(Cc4cccc(Br)c4)n3)CCCC2)c1. The fourth-order valence-electron chi connectivity index (χ4n) is 4.02. The van der Waals surface area contributed by atoms with Crippen molar-refractivity contribution in [2.45, 2.75) is 37.6 Å². The van der Waals surface area contributed by atoms with Crippen LogP contribution in [0.5, 0.6) is 5.75 Å². The van der Waals surface area contributed by atoms with Gasteiger partial charge in [0.2, 0.25) is 11.9 Å². The Morgan fingerprint density at radius 2 is 2.00 bits per heavy atom. The highest BCUT2D eigenvalue weighted by molar-refractivity contribution is 9.10. The standard InChI is InChI=1S/C22H23BrN4O2/c1-29-19-9-5-7-17(13-19)22(10-2-3-11-22)20(28)25-21-24-15-27(26-21)14-16-6-4-8-18(23)12-16/h4-9,12-13,15H,2-3,10-11,14H2,1H3,(H,25,26,28). The summed E-state index contributed by atoms with van der Waals surface area (Å²) >= 11 is 3.48. The maximum Gasteiger partial charge on any atom is 0.248 e. The highest BCUT2D eigenvalue weighted by Crippen LogP contribution is 2.42. The average Bonchev–Trinajstić information content (AvgIpc) is 3.39. The molecule has 1 aliphatic rings. The zero-order valence-corrected chi connectivity index (χ0v) is 17.9. The second-order valence-corrected chi connectivity index (χ2v) is 8.29. The van der Waals surface area contributed by atoms with Crippen LogP contribution in [0, 0.1) is 0 Å². The van der Waals surface area contributed by atoms with Crippen LogP contribution < -0.4 is 10.1 Å². The predicted molar refractivity (Wildman–Crippen MR) is 115 cm³/mol. The van der Waals surface area contributed by atoms with Gasteiger partial charge in [-0.2, -0.15) is 0 Å². The van der Waals surface area contributed by atoms with Crippen LogP contribution in [-0.4, -0.2) is 27.8 Å². The second-order valence-electron chi connectivity index (χ2n) is 7.37. The highest BCUT2D eigenvalue weighted by atomic mass is 79.9. The third kappa shape index (κ3) is 4.19. The summed E-state index contributed by atoms with van der Waals surface area (Å²) in [5, 5.41) is 7.38. The van der Waals surface area contributed by atoms with Gasteiger partial charge < -0.3 is 4.74 Å². The van der Waals surface area contributed by atoms with Crippen molar-refractivity contribution >= 4 is 27.8 Å². The number of benzene rings is 2. The lowest BCUT2D eigenvalue weighted by Gasteiger charge is -2.28. The average molecular weight is 455 g/mol. The molecule has 0 radical (unpaired) electrons. The van der Waals surface area contributed by atoms with Crippen LogP contribution in [0.1, 0.15) is 36.8 Å². The first-order chi connectivity index (χ1) is 14.1. The van der Waals surface area contributed by atoms with E-state index in [1.54, 1.807) is 18.1 Å². The van der Waals surface area contributed by atoms with Gasteiger partial charge in [-0.1, -0.05) is 53.0 Å². The molecule has 150 valence electrons. The minimum absolute atomic E-state index is 0.0524. The number of halogens is 1. The molecule has 0 atom stereocenters. The molecule has 29 heavy (non-hydrogen) atoms. The number of aromatic nitrogens is 3. The van der Waals surface area contributed by atoms with Crippen LogP contribution in [0.3, 0.4) is 0 Å². The van der Waals surface area contributed by atoms with Gasteiger partial charge in [0.1, 0.15) is 12.1 Å². The van der Waals surface area contributed by atoms with Crippen LogP contribution in [0.25, 0.3) is 0 Å². The van der Waals surface area contributed by atoms with Crippen molar-refractivity contribution in [3.63, 3.8) is 0 Å². The Labute approximate surface area is 178 Å². The molecule has 1 aliphatic carbocycles. The molecule has 2 aromatic carbocycles. The number of rotatable bonds is 6. The molecule has 1 amide bonds. The monoisotopic (exact) mass is 454 g/mol. The number of carbonyl (C=O) groups is 1. The number of carbonyl (C=O) groups excluding carboxylic acids is 1. The summed E-state index contributed by atoms with van der Waals surface area (Å²) in [6, 6.07) is 15.8. The van der Waals surface area contributed by atoms with E-state index in [1.165, 1.54) is 0 Å². The van der Waals surface area contributed by atoms with Gasteiger partial charge in [-0.25, -0.2) is 9.67 Å². The first-order valence-corrected chi connectivity index (χ1v) is 10.5. The number of nitrogens with one attached hydrogen (secondary N) is 1. The van der Waals surface area contributed by atoms with Crippen LogP contribution >= 0.6 is 15.9 Å². The smallest absolute Gasteiger partial charge is 0.248 e. The maximum atomic E-state index is 13.3. The fraction of sp³-hybridized carbons (Fsp3) is 0.318. The van der Waals surface area contributed by atoms with E-state index < -0.39 is 5.41 Å². The number of hydrogen-bond acceptors (Lipinski definition) is 4. The van der Waals surface area contributed by atoms with E-state index in [1.807, 2.05) is 48.5 Å². The van der Waals surface area contributed by atoms with Gasteiger partial charge in [-0.05, 0) is 48.2 Å². The Balaban J connectivity index is 1.52. The number of methoxy groups -OCH3 is 1. The zero-order chi connectivity index (χ0) is 20.3. The Morgan fingerprint density at radius 1 is 1.21 bits per heavy atom. The first kappa shape index (κ1) is 19.6. The van der Waals surface area contributed by atoms with Gasteiger partial charge in [-0.3, -0.25) is 10.1 Å². The molecule has 1 aromatic heterocycles. The minimum Gasteiger partial charge on any atom is -0.497 e. The van der Waals surface area contributed by atoms with Gasteiger partial charge in [0.25, 0.3) is 0 Å². The molecule has 6 nitrogen and oxygen atoms in total. The summed E-state index contributed by atoms with van der Waals surface area (Å²) in [4.78, 5) is 17.6. The maximum absolute atomic E-state index is 13.3. The highest BCUT2D eigenvalue weighted by Gasteiger charge is 2.43. The second kappa shape index (κ2) is 8.37. The number of ether oxygens (including phenoxy) is 1. The van der Waals surface area contributed by atoms with E-state index in [-0.39, 0.29) is 5.91 Å². The lowest BCUT2D eigenvalue weighted by atomic mass is 9.78. The molecule has 4 rings (SSSR count). The summed E-state index contributed by atoms with van der Waals surface area (Å²) in [7, 11) is 1.64. The van der Waals surface area contributed by atoms with Gasteiger partial charge in [0.15, 0.2) is 0 Å². The van der Waals surface area contributed by atoms with Crippen molar-refractivity contribution in [1.82, 2.24) is 14.8 Å². The van der Waals surface area contributed by atoms with Crippen molar-refractivity contribution in [1.29, 1.82) is 0 Å². The van der Waals surface area contributed by atoms with Gasteiger partial charge in [0.05, 0.1) is 19.1 Å². The summed E-state index contributed by atoms with van der Waals surface area (Å²) < 4.78 is 8.11. The zero-order valence-electron chi connectivity index (χ0n) is 16.3. The molecule has 1 heterocycles. The Morgan fingerprint density at radius 3 is 2.76 bits per heavy atom. The molecule has 1 fully saturated rings. The van der Waals surface area contributed by atoms with E-state index >= 15 is 0 Å². The minimum atomic E-state index is -0.565. The molecule has 3 aromatic rings. The third-order valence-corrected chi connectivity index (χ3v) is 6.00. The molecule has 0 saturated heterocycles. The Kier molecular flexibility index (Phi) is 5.67. The Bertz CT molecular complexity index is 1010. The lowest BCUT2D eigenvalue weighted by Crippen LogP contribution is -2.38. The van der Waals surface area contributed by atoms with Crippen molar-refractivity contribution < 1.29 is 9.53 Å². The molecule has 0 aliphatic heterocycles.